The fourth-order valence-corrected chi connectivity index (χ4v) is 2.60. The highest BCUT2D eigenvalue weighted by molar-refractivity contribution is 5.69. The molecule has 3 nitrogen and oxygen atoms in total. The molecular formula is C17H27NO2. The molecule has 1 aromatic carbocycles. The van der Waals surface area contributed by atoms with E-state index in [1.54, 1.807) is 0 Å². The molecule has 1 aromatic rings. The molecule has 0 saturated heterocycles. The Labute approximate surface area is 122 Å². The molecule has 112 valence electrons. The van der Waals surface area contributed by atoms with Gasteiger partial charge in [0, 0.05) is 12.1 Å². The lowest BCUT2D eigenvalue weighted by atomic mass is 9.98. The van der Waals surface area contributed by atoms with Gasteiger partial charge in [-0.1, -0.05) is 45.0 Å². The highest BCUT2D eigenvalue weighted by Gasteiger charge is 2.24. The van der Waals surface area contributed by atoms with E-state index in [0.717, 1.165) is 19.3 Å². The molecule has 2 unspecified atom stereocenters. The van der Waals surface area contributed by atoms with Crippen LogP contribution in [-0.4, -0.2) is 28.6 Å². The standard InChI is InChI=1S/C17H27NO2/c1-5-13(4)18(12-17(19)20)16(7-3)15-10-8-14(6-2)9-11-15/h8-11,13,16H,5-7,12H2,1-4H3,(H,19,20). The highest BCUT2D eigenvalue weighted by Crippen LogP contribution is 2.27. The minimum Gasteiger partial charge on any atom is -0.480 e. The zero-order chi connectivity index (χ0) is 15.1. The molecule has 0 aliphatic rings. The summed E-state index contributed by atoms with van der Waals surface area (Å²) in [7, 11) is 0. The summed E-state index contributed by atoms with van der Waals surface area (Å²) in [6.45, 7) is 8.57. The topological polar surface area (TPSA) is 40.5 Å². The quantitative estimate of drug-likeness (QED) is 0.783. The number of nitrogens with zero attached hydrogens (tertiary/aromatic N) is 1. The first-order chi connectivity index (χ1) is 9.53. The van der Waals surface area contributed by atoms with E-state index in [-0.39, 0.29) is 18.6 Å². The van der Waals surface area contributed by atoms with Crippen LogP contribution >= 0.6 is 0 Å². The molecule has 1 N–H and O–H groups in total. The van der Waals surface area contributed by atoms with Crippen LogP contribution in [0.25, 0.3) is 0 Å². The van der Waals surface area contributed by atoms with Crippen molar-refractivity contribution in [2.24, 2.45) is 0 Å². The van der Waals surface area contributed by atoms with E-state index in [1.165, 1.54) is 11.1 Å². The predicted molar refractivity (Wildman–Crippen MR) is 82.9 cm³/mol. The highest BCUT2D eigenvalue weighted by atomic mass is 16.4. The van der Waals surface area contributed by atoms with E-state index < -0.39 is 5.97 Å². The van der Waals surface area contributed by atoms with Crippen LogP contribution < -0.4 is 0 Å². The zero-order valence-electron chi connectivity index (χ0n) is 13.1. The molecule has 0 saturated carbocycles. The summed E-state index contributed by atoms with van der Waals surface area (Å²) in [4.78, 5) is 13.2. The molecule has 0 bridgehead atoms. The van der Waals surface area contributed by atoms with Gasteiger partial charge in [0.05, 0.1) is 6.54 Å². The first-order valence-corrected chi connectivity index (χ1v) is 7.59. The number of carbonyl (C=O) groups is 1. The van der Waals surface area contributed by atoms with Gasteiger partial charge in [-0.05, 0) is 37.3 Å². The summed E-state index contributed by atoms with van der Waals surface area (Å²) in [5, 5.41) is 9.16. The maximum absolute atomic E-state index is 11.1. The summed E-state index contributed by atoms with van der Waals surface area (Å²) in [5.41, 5.74) is 2.53. The minimum atomic E-state index is -0.756. The van der Waals surface area contributed by atoms with Gasteiger partial charge in [-0.15, -0.1) is 0 Å². The molecule has 0 fully saturated rings. The van der Waals surface area contributed by atoms with E-state index in [2.05, 4.69) is 56.9 Å². The maximum Gasteiger partial charge on any atom is 0.317 e. The molecule has 0 aliphatic heterocycles. The average molecular weight is 277 g/mol. The van der Waals surface area contributed by atoms with Crippen LogP contribution in [0.5, 0.6) is 0 Å². The summed E-state index contributed by atoms with van der Waals surface area (Å²) >= 11 is 0. The van der Waals surface area contributed by atoms with Gasteiger partial charge in [-0.3, -0.25) is 9.69 Å². The van der Waals surface area contributed by atoms with Crippen molar-refractivity contribution in [1.29, 1.82) is 0 Å². The van der Waals surface area contributed by atoms with Crippen LogP contribution in [0.1, 0.15) is 57.7 Å². The van der Waals surface area contributed by atoms with Gasteiger partial charge in [-0.2, -0.15) is 0 Å². The molecule has 2 atom stereocenters. The van der Waals surface area contributed by atoms with Crippen LogP contribution in [0, 0.1) is 0 Å². The van der Waals surface area contributed by atoms with Gasteiger partial charge in [0.15, 0.2) is 0 Å². The molecule has 0 radical (unpaired) electrons. The van der Waals surface area contributed by atoms with Gasteiger partial charge in [0.1, 0.15) is 0 Å². The van der Waals surface area contributed by atoms with Gasteiger partial charge < -0.3 is 5.11 Å². The van der Waals surface area contributed by atoms with Crippen LogP contribution in [0.2, 0.25) is 0 Å². The lowest BCUT2D eigenvalue weighted by Gasteiger charge is -2.35. The molecule has 20 heavy (non-hydrogen) atoms. The molecule has 0 amide bonds. The minimum absolute atomic E-state index is 0.100. The second-order valence-corrected chi connectivity index (χ2v) is 5.34. The fourth-order valence-electron chi connectivity index (χ4n) is 2.60. The van der Waals surface area contributed by atoms with E-state index in [4.69, 9.17) is 5.11 Å². The summed E-state index contributed by atoms with van der Waals surface area (Å²) in [5.74, 6) is -0.756. The van der Waals surface area contributed by atoms with E-state index in [9.17, 15) is 4.79 Å². The van der Waals surface area contributed by atoms with Crippen LogP contribution in [0.15, 0.2) is 24.3 Å². The van der Waals surface area contributed by atoms with Crippen molar-refractivity contribution < 1.29 is 9.90 Å². The van der Waals surface area contributed by atoms with E-state index in [0.29, 0.717) is 0 Å². The molecule has 0 aromatic heterocycles. The number of benzene rings is 1. The van der Waals surface area contributed by atoms with Gasteiger partial charge >= 0.3 is 5.97 Å². The van der Waals surface area contributed by atoms with Crippen LogP contribution in [0.3, 0.4) is 0 Å². The fraction of sp³-hybridized carbons (Fsp3) is 0.588. The summed E-state index contributed by atoms with van der Waals surface area (Å²) in [6.07, 6.45) is 2.90. The smallest absolute Gasteiger partial charge is 0.317 e. The molecule has 0 spiro atoms. The van der Waals surface area contributed by atoms with Gasteiger partial charge in [0.2, 0.25) is 0 Å². The number of hydrogen-bond donors (Lipinski definition) is 1. The summed E-state index contributed by atoms with van der Waals surface area (Å²) in [6, 6.07) is 9.02. The first-order valence-electron chi connectivity index (χ1n) is 7.59. The molecule has 3 heteroatoms. The molecule has 1 rings (SSSR count). The Hall–Kier alpha value is -1.35. The van der Waals surface area contributed by atoms with Crippen LogP contribution in [-0.2, 0) is 11.2 Å². The normalized spacial score (nSPS) is 14.2. The summed E-state index contributed by atoms with van der Waals surface area (Å²) < 4.78 is 0. The predicted octanol–water partition coefficient (Wildman–Crippen LogP) is 3.89. The van der Waals surface area contributed by atoms with Crippen molar-refractivity contribution in [3.8, 4) is 0 Å². The second-order valence-electron chi connectivity index (χ2n) is 5.34. The SMILES string of the molecule is CCc1ccc(C(CC)N(CC(=O)O)C(C)CC)cc1. The number of aliphatic carboxylic acids is 1. The third-order valence-electron chi connectivity index (χ3n) is 4.03. The Bertz CT molecular complexity index is 414. The Kier molecular flexibility index (Phi) is 6.73. The van der Waals surface area contributed by atoms with Gasteiger partial charge in [-0.25, -0.2) is 0 Å². The number of rotatable bonds is 8. The van der Waals surface area contributed by atoms with Crippen LogP contribution in [0.4, 0.5) is 0 Å². The zero-order valence-corrected chi connectivity index (χ0v) is 13.1. The first kappa shape index (κ1) is 16.7. The molecular weight excluding hydrogens is 250 g/mol. The van der Waals surface area contributed by atoms with Gasteiger partial charge in [0.25, 0.3) is 0 Å². The third kappa shape index (κ3) is 4.34. The number of carboxylic acids is 1. The number of hydrogen-bond acceptors (Lipinski definition) is 2. The molecule has 0 heterocycles. The third-order valence-corrected chi connectivity index (χ3v) is 4.03. The Balaban J connectivity index is 3.01. The maximum atomic E-state index is 11.1. The van der Waals surface area contributed by atoms with Crippen molar-refractivity contribution in [2.75, 3.05) is 6.54 Å². The average Bonchev–Trinajstić information content (AvgIpc) is 2.46. The molecule has 0 aliphatic carbocycles. The Morgan fingerprint density at radius 2 is 1.75 bits per heavy atom. The van der Waals surface area contributed by atoms with Crippen molar-refractivity contribution in [3.05, 3.63) is 35.4 Å². The largest absolute Gasteiger partial charge is 0.480 e. The van der Waals surface area contributed by atoms with Crippen molar-refractivity contribution in [2.45, 2.75) is 59.0 Å². The number of carboxylic acid groups (broad SMARTS) is 1. The number of aryl methyl sites for hydroxylation is 1. The Morgan fingerprint density at radius 3 is 2.15 bits per heavy atom. The van der Waals surface area contributed by atoms with Crippen molar-refractivity contribution in [3.63, 3.8) is 0 Å². The van der Waals surface area contributed by atoms with E-state index in [1.807, 2.05) is 0 Å². The lowest BCUT2D eigenvalue weighted by Crippen LogP contribution is -2.39. The second kappa shape index (κ2) is 8.05. The van der Waals surface area contributed by atoms with E-state index >= 15 is 0 Å². The van der Waals surface area contributed by atoms with Crippen molar-refractivity contribution >= 4 is 5.97 Å². The Morgan fingerprint density at radius 1 is 1.15 bits per heavy atom. The van der Waals surface area contributed by atoms with Crippen molar-refractivity contribution in [1.82, 2.24) is 4.90 Å². The lowest BCUT2D eigenvalue weighted by molar-refractivity contribution is -0.139. The monoisotopic (exact) mass is 277 g/mol.